The molecular weight excluding hydrogens is 408 g/mol. The highest BCUT2D eigenvalue weighted by atomic mass is 35.5. The molecule has 152 valence electrons. The molecule has 1 saturated carbocycles. The Morgan fingerprint density at radius 1 is 1.27 bits per heavy atom. The van der Waals surface area contributed by atoms with Gasteiger partial charge in [-0.3, -0.25) is 14.9 Å². The van der Waals surface area contributed by atoms with Crippen molar-refractivity contribution in [2.45, 2.75) is 25.3 Å². The van der Waals surface area contributed by atoms with Crippen molar-refractivity contribution in [2.75, 3.05) is 10.6 Å². The Balaban J connectivity index is 1.57. The van der Waals surface area contributed by atoms with Gasteiger partial charge in [0.15, 0.2) is 5.65 Å². The number of rotatable bonds is 5. The molecule has 0 atom stereocenters. The normalized spacial score (nSPS) is 17.6. The fraction of sp³-hybridized carbons (Fsp3) is 0.200. The molecule has 5 rings (SSSR count). The van der Waals surface area contributed by atoms with E-state index in [1.54, 1.807) is 28.9 Å². The minimum absolute atomic E-state index is 0.00388. The summed E-state index contributed by atoms with van der Waals surface area (Å²) in [5, 5.41) is 23.1. The summed E-state index contributed by atoms with van der Waals surface area (Å²) >= 11 is 6.00. The Morgan fingerprint density at radius 3 is 2.80 bits per heavy atom. The summed E-state index contributed by atoms with van der Waals surface area (Å²) in [5.41, 5.74) is 2.19. The number of fused-ring (bicyclic) bond motifs is 1. The third-order valence-electron chi connectivity index (χ3n) is 4.87. The molecule has 2 fully saturated rings. The van der Waals surface area contributed by atoms with E-state index in [9.17, 15) is 14.7 Å². The van der Waals surface area contributed by atoms with Crippen LogP contribution in [-0.4, -0.2) is 37.6 Å². The van der Waals surface area contributed by atoms with E-state index in [0.29, 0.717) is 34.3 Å². The molecule has 2 aliphatic rings. The SMILES string of the molecule is O=C1C/C(=C\c2cnn3c(NC4CC4)cc(Nc4ccc(O)c(Cl)c4)nc23)C(=O)N1. The average Bonchev–Trinajstić information content (AvgIpc) is 3.34. The van der Waals surface area contributed by atoms with Gasteiger partial charge in [-0.1, -0.05) is 11.6 Å². The first kappa shape index (κ1) is 18.4. The third kappa shape index (κ3) is 3.55. The van der Waals surface area contributed by atoms with Crippen molar-refractivity contribution in [3.05, 3.63) is 46.6 Å². The number of imide groups is 1. The van der Waals surface area contributed by atoms with E-state index >= 15 is 0 Å². The number of nitrogens with one attached hydrogen (secondary N) is 3. The summed E-state index contributed by atoms with van der Waals surface area (Å²) in [6.45, 7) is 0. The maximum atomic E-state index is 11.9. The molecule has 30 heavy (non-hydrogen) atoms. The van der Waals surface area contributed by atoms with E-state index in [1.807, 2.05) is 6.07 Å². The van der Waals surface area contributed by atoms with Crippen LogP contribution in [0, 0.1) is 0 Å². The Hall–Kier alpha value is -3.59. The molecule has 2 amide bonds. The fourth-order valence-corrected chi connectivity index (χ4v) is 3.41. The van der Waals surface area contributed by atoms with Crippen LogP contribution in [0.2, 0.25) is 5.02 Å². The molecule has 0 bridgehead atoms. The van der Waals surface area contributed by atoms with Crippen LogP contribution in [0.25, 0.3) is 11.7 Å². The number of carbonyl (C=O) groups excluding carboxylic acids is 2. The Kier molecular flexibility index (Phi) is 4.32. The van der Waals surface area contributed by atoms with Crippen molar-refractivity contribution >= 4 is 52.5 Å². The quantitative estimate of drug-likeness (QED) is 0.282. The van der Waals surface area contributed by atoms with Crippen molar-refractivity contribution in [2.24, 2.45) is 0 Å². The molecule has 1 aliphatic carbocycles. The highest BCUT2D eigenvalue weighted by Gasteiger charge is 2.25. The zero-order valence-corrected chi connectivity index (χ0v) is 16.4. The van der Waals surface area contributed by atoms with Gasteiger partial charge in [-0.2, -0.15) is 9.61 Å². The maximum absolute atomic E-state index is 11.9. The van der Waals surface area contributed by atoms with Crippen LogP contribution in [0.4, 0.5) is 17.3 Å². The Labute approximate surface area is 175 Å². The van der Waals surface area contributed by atoms with Gasteiger partial charge in [0.2, 0.25) is 5.91 Å². The van der Waals surface area contributed by atoms with Crippen molar-refractivity contribution < 1.29 is 14.7 Å². The van der Waals surface area contributed by atoms with Gasteiger partial charge in [0.1, 0.15) is 17.4 Å². The van der Waals surface area contributed by atoms with Crippen LogP contribution in [0.1, 0.15) is 24.8 Å². The lowest BCUT2D eigenvalue weighted by atomic mass is 10.1. The van der Waals surface area contributed by atoms with E-state index < -0.39 is 5.91 Å². The largest absolute Gasteiger partial charge is 0.506 e. The molecule has 0 radical (unpaired) electrons. The molecule has 1 aromatic carbocycles. The number of nitrogens with zero attached hydrogens (tertiary/aromatic N) is 3. The number of amides is 2. The van der Waals surface area contributed by atoms with E-state index in [0.717, 1.165) is 18.7 Å². The minimum Gasteiger partial charge on any atom is -0.506 e. The number of anilines is 3. The standard InChI is InChI=1S/C20H17ClN6O3/c21-14-7-13(3-4-15(14)28)23-16-8-17(24-12-1-2-12)27-19(25-16)11(9-22-27)5-10-6-18(29)26-20(10)30/h3-5,7-9,12,24,28H,1-2,6H2,(H,23,25)(H,26,29,30)/b10-5+. The van der Waals surface area contributed by atoms with Crippen molar-refractivity contribution in [1.82, 2.24) is 19.9 Å². The van der Waals surface area contributed by atoms with Crippen LogP contribution in [0.3, 0.4) is 0 Å². The first-order valence-electron chi connectivity index (χ1n) is 9.42. The minimum atomic E-state index is -0.399. The van der Waals surface area contributed by atoms with Crippen LogP contribution >= 0.6 is 11.6 Å². The number of aromatic nitrogens is 3. The number of benzene rings is 1. The van der Waals surface area contributed by atoms with E-state index in [1.165, 1.54) is 6.07 Å². The first-order chi connectivity index (χ1) is 14.5. The summed E-state index contributed by atoms with van der Waals surface area (Å²) in [5.74, 6) is 0.573. The van der Waals surface area contributed by atoms with E-state index in [-0.39, 0.29) is 23.1 Å². The van der Waals surface area contributed by atoms with Gasteiger partial charge in [0, 0.05) is 28.9 Å². The Bertz CT molecular complexity index is 1230. The molecule has 0 unspecified atom stereocenters. The highest BCUT2D eigenvalue weighted by Crippen LogP contribution is 2.31. The second-order valence-electron chi connectivity index (χ2n) is 7.30. The number of halogens is 1. The highest BCUT2D eigenvalue weighted by molar-refractivity contribution is 6.32. The molecular formula is C20H17ClN6O3. The number of phenolic OH excluding ortho intramolecular Hbond substituents is 1. The van der Waals surface area contributed by atoms with Crippen molar-refractivity contribution in [1.29, 1.82) is 0 Å². The van der Waals surface area contributed by atoms with Gasteiger partial charge in [-0.15, -0.1) is 0 Å². The second-order valence-corrected chi connectivity index (χ2v) is 7.70. The number of aromatic hydroxyl groups is 1. The zero-order valence-electron chi connectivity index (χ0n) is 15.6. The van der Waals surface area contributed by atoms with Crippen LogP contribution in [-0.2, 0) is 9.59 Å². The van der Waals surface area contributed by atoms with Gasteiger partial charge in [0.05, 0.1) is 17.6 Å². The molecule has 1 saturated heterocycles. The van der Waals surface area contributed by atoms with Gasteiger partial charge in [0.25, 0.3) is 5.91 Å². The molecule has 3 aromatic rings. The predicted molar refractivity (Wildman–Crippen MR) is 112 cm³/mol. The molecule has 1 aliphatic heterocycles. The summed E-state index contributed by atoms with van der Waals surface area (Å²) < 4.78 is 1.67. The molecule has 10 heteroatoms. The van der Waals surface area contributed by atoms with Crippen LogP contribution in [0.15, 0.2) is 36.0 Å². The average molecular weight is 425 g/mol. The molecule has 9 nitrogen and oxygen atoms in total. The van der Waals surface area contributed by atoms with Gasteiger partial charge >= 0.3 is 0 Å². The lowest BCUT2D eigenvalue weighted by Gasteiger charge is -2.12. The van der Waals surface area contributed by atoms with Crippen LogP contribution < -0.4 is 16.0 Å². The smallest absolute Gasteiger partial charge is 0.254 e. The van der Waals surface area contributed by atoms with E-state index in [2.05, 4.69) is 26.0 Å². The summed E-state index contributed by atoms with van der Waals surface area (Å²) in [4.78, 5) is 28.1. The monoisotopic (exact) mass is 424 g/mol. The zero-order chi connectivity index (χ0) is 20.8. The number of phenols is 1. The summed E-state index contributed by atoms with van der Waals surface area (Å²) in [6.07, 6.45) is 5.46. The third-order valence-corrected chi connectivity index (χ3v) is 5.18. The summed E-state index contributed by atoms with van der Waals surface area (Å²) in [6, 6.07) is 7.01. The first-order valence-corrected chi connectivity index (χ1v) is 9.80. The van der Waals surface area contributed by atoms with Crippen molar-refractivity contribution in [3.63, 3.8) is 0 Å². The van der Waals surface area contributed by atoms with E-state index in [4.69, 9.17) is 11.6 Å². The molecule has 3 heterocycles. The number of hydrogen-bond donors (Lipinski definition) is 4. The van der Waals surface area contributed by atoms with Crippen LogP contribution in [0.5, 0.6) is 5.75 Å². The molecule has 2 aromatic heterocycles. The molecule has 0 spiro atoms. The van der Waals surface area contributed by atoms with Gasteiger partial charge < -0.3 is 15.7 Å². The van der Waals surface area contributed by atoms with Gasteiger partial charge in [-0.25, -0.2) is 4.98 Å². The summed E-state index contributed by atoms with van der Waals surface area (Å²) in [7, 11) is 0. The predicted octanol–water partition coefficient (Wildman–Crippen LogP) is 2.84. The lowest BCUT2D eigenvalue weighted by Crippen LogP contribution is -2.19. The molecule has 4 N–H and O–H groups in total. The number of hydrogen-bond acceptors (Lipinski definition) is 7. The topological polar surface area (TPSA) is 121 Å². The number of carbonyl (C=O) groups is 2. The van der Waals surface area contributed by atoms with Gasteiger partial charge in [-0.05, 0) is 37.1 Å². The second kappa shape index (κ2) is 7.03. The lowest BCUT2D eigenvalue weighted by molar-refractivity contribution is -0.124. The van der Waals surface area contributed by atoms with Crippen molar-refractivity contribution in [3.8, 4) is 5.75 Å². The maximum Gasteiger partial charge on any atom is 0.254 e. The fourth-order valence-electron chi connectivity index (χ4n) is 3.23. The Morgan fingerprint density at radius 2 is 2.10 bits per heavy atom.